The third-order valence-corrected chi connectivity index (χ3v) is 6.04. The Morgan fingerprint density at radius 3 is 1.30 bits per heavy atom. The fraction of sp³-hybridized carbons (Fsp3) is 0.926. The number of nitrogens with one attached hydrogen (secondary N) is 1. The largest absolute Gasteiger partial charge is 0.371 e. The molecule has 1 amide bonds. The SMILES string of the molecule is [CH2]C(O)(CCC)NC(=O)CCCCCCCCCCCCCCCCCCCCC. The van der Waals surface area contributed by atoms with Crippen LogP contribution in [0, 0.1) is 6.92 Å². The first kappa shape index (κ1) is 29.4. The van der Waals surface area contributed by atoms with Gasteiger partial charge < -0.3 is 10.4 Å². The van der Waals surface area contributed by atoms with E-state index in [1.807, 2.05) is 6.92 Å². The molecule has 0 saturated carbocycles. The minimum Gasteiger partial charge on any atom is -0.371 e. The summed E-state index contributed by atoms with van der Waals surface area (Å²) < 4.78 is 0. The number of amides is 1. The molecule has 0 bridgehead atoms. The van der Waals surface area contributed by atoms with Crippen LogP contribution in [-0.2, 0) is 4.79 Å². The van der Waals surface area contributed by atoms with Gasteiger partial charge in [-0.2, -0.15) is 0 Å². The lowest BCUT2D eigenvalue weighted by Crippen LogP contribution is -2.45. The van der Waals surface area contributed by atoms with Gasteiger partial charge in [-0.3, -0.25) is 4.79 Å². The van der Waals surface area contributed by atoms with Crippen molar-refractivity contribution in [2.75, 3.05) is 0 Å². The third kappa shape index (κ3) is 22.1. The molecule has 1 atom stereocenters. The highest BCUT2D eigenvalue weighted by atomic mass is 16.3. The fourth-order valence-corrected chi connectivity index (χ4v) is 4.16. The summed E-state index contributed by atoms with van der Waals surface area (Å²) in [5, 5.41) is 12.5. The predicted molar refractivity (Wildman–Crippen MR) is 131 cm³/mol. The lowest BCUT2D eigenvalue weighted by atomic mass is 10.0. The van der Waals surface area contributed by atoms with E-state index >= 15 is 0 Å². The molecule has 1 radical (unpaired) electrons. The molecule has 0 spiro atoms. The van der Waals surface area contributed by atoms with Gasteiger partial charge in [0.05, 0.1) is 0 Å². The van der Waals surface area contributed by atoms with Crippen molar-refractivity contribution in [3.05, 3.63) is 6.92 Å². The molecule has 0 fully saturated rings. The highest BCUT2D eigenvalue weighted by Gasteiger charge is 2.20. The molecule has 0 aliphatic carbocycles. The van der Waals surface area contributed by atoms with Crippen molar-refractivity contribution in [2.24, 2.45) is 0 Å². The minimum atomic E-state index is -1.29. The highest BCUT2D eigenvalue weighted by molar-refractivity contribution is 5.76. The first-order chi connectivity index (χ1) is 14.5. The number of hydrogen-bond acceptors (Lipinski definition) is 2. The Hall–Kier alpha value is -0.570. The van der Waals surface area contributed by atoms with Crippen molar-refractivity contribution in [3.63, 3.8) is 0 Å². The summed E-state index contributed by atoms with van der Waals surface area (Å²) in [5.74, 6) is -0.0760. The van der Waals surface area contributed by atoms with Crippen LogP contribution in [0.1, 0.15) is 155 Å². The van der Waals surface area contributed by atoms with Crippen molar-refractivity contribution in [1.82, 2.24) is 5.32 Å². The number of hydrogen-bond donors (Lipinski definition) is 2. The molecule has 0 aliphatic rings. The summed E-state index contributed by atoms with van der Waals surface area (Å²) in [6.45, 7) is 7.91. The monoisotopic (exact) mass is 424 g/mol. The molecule has 0 heterocycles. The molecular weight excluding hydrogens is 370 g/mol. The zero-order valence-corrected chi connectivity index (χ0v) is 20.6. The van der Waals surface area contributed by atoms with Crippen LogP contribution in [-0.4, -0.2) is 16.7 Å². The van der Waals surface area contributed by atoms with Gasteiger partial charge in [-0.15, -0.1) is 0 Å². The summed E-state index contributed by atoms with van der Waals surface area (Å²) in [4.78, 5) is 11.8. The molecule has 0 aromatic rings. The van der Waals surface area contributed by atoms with E-state index in [0.717, 1.165) is 19.3 Å². The number of aliphatic hydroxyl groups is 1. The number of rotatable bonds is 23. The van der Waals surface area contributed by atoms with Crippen LogP contribution in [0.5, 0.6) is 0 Å². The quantitative estimate of drug-likeness (QED) is 0.128. The standard InChI is InChI=1S/C27H54NO2/c1-4-6-7-8-9-10-11-12-13-14-15-16-17-18-19-20-21-22-23-24-26(29)28-27(3,30)25-5-2/h30H,3-25H2,1-2H3,(H,28,29). The first-order valence-corrected chi connectivity index (χ1v) is 13.4. The second-order valence-electron chi connectivity index (χ2n) is 9.44. The Balaban J connectivity index is 3.20. The molecule has 2 N–H and O–H groups in total. The van der Waals surface area contributed by atoms with E-state index in [1.54, 1.807) is 0 Å². The van der Waals surface area contributed by atoms with Crippen LogP contribution in [0.2, 0.25) is 0 Å². The van der Waals surface area contributed by atoms with Crippen LogP contribution >= 0.6 is 0 Å². The topological polar surface area (TPSA) is 49.3 Å². The molecule has 30 heavy (non-hydrogen) atoms. The Morgan fingerprint density at radius 2 is 0.967 bits per heavy atom. The summed E-state index contributed by atoms with van der Waals surface area (Å²) in [7, 11) is 0. The van der Waals surface area contributed by atoms with Gasteiger partial charge in [-0.05, 0) is 19.8 Å². The Bertz CT molecular complexity index is 368. The van der Waals surface area contributed by atoms with Gasteiger partial charge in [0.25, 0.3) is 0 Å². The van der Waals surface area contributed by atoms with Gasteiger partial charge in [0.1, 0.15) is 5.72 Å². The van der Waals surface area contributed by atoms with E-state index in [0.29, 0.717) is 12.8 Å². The van der Waals surface area contributed by atoms with Crippen molar-refractivity contribution >= 4 is 5.91 Å². The lowest BCUT2D eigenvalue weighted by molar-refractivity contribution is -0.127. The van der Waals surface area contributed by atoms with Gasteiger partial charge in [0.15, 0.2) is 0 Å². The molecule has 3 heteroatoms. The Morgan fingerprint density at radius 1 is 0.633 bits per heavy atom. The maximum Gasteiger partial charge on any atom is 0.222 e. The van der Waals surface area contributed by atoms with E-state index in [9.17, 15) is 9.90 Å². The zero-order valence-electron chi connectivity index (χ0n) is 20.6. The third-order valence-electron chi connectivity index (χ3n) is 6.04. The molecule has 0 aromatic heterocycles. The van der Waals surface area contributed by atoms with Crippen LogP contribution < -0.4 is 5.32 Å². The van der Waals surface area contributed by atoms with E-state index in [4.69, 9.17) is 0 Å². The highest BCUT2D eigenvalue weighted by Crippen LogP contribution is 2.15. The molecule has 1 unspecified atom stereocenters. The fourth-order valence-electron chi connectivity index (χ4n) is 4.16. The number of carbonyl (C=O) groups excluding carboxylic acids is 1. The number of carbonyl (C=O) groups is 1. The maximum absolute atomic E-state index is 11.8. The average molecular weight is 425 g/mol. The molecule has 0 rings (SSSR count). The lowest BCUT2D eigenvalue weighted by Gasteiger charge is -2.23. The minimum absolute atomic E-state index is 0.0760. The van der Waals surface area contributed by atoms with Gasteiger partial charge in [0, 0.05) is 6.42 Å². The van der Waals surface area contributed by atoms with Gasteiger partial charge in [-0.1, -0.05) is 136 Å². The summed E-state index contributed by atoms with van der Waals surface area (Å²) in [6, 6.07) is 0. The molecule has 0 aliphatic heterocycles. The zero-order chi connectivity index (χ0) is 22.3. The van der Waals surface area contributed by atoms with E-state index in [2.05, 4.69) is 19.2 Å². The van der Waals surface area contributed by atoms with Crippen molar-refractivity contribution in [1.29, 1.82) is 0 Å². The van der Waals surface area contributed by atoms with E-state index in [-0.39, 0.29) is 5.91 Å². The summed E-state index contributed by atoms with van der Waals surface area (Å²) in [5.41, 5.74) is -1.29. The normalized spacial score (nSPS) is 13.3. The van der Waals surface area contributed by atoms with Crippen LogP contribution in [0.3, 0.4) is 0 Å². The summed E-state index contributed by atoms with van der Waals surface area (Å²) >= 11 is 0. The smallest absolute Gasteiger partial charge is 0.222 e. The van der Waals surface area contributed by atoms with Gasteiger partial charge in [0.2, 0.25) is 5.91 Å². The molecule has 179 valence electrons. The maximum atomic E-state index is 11.8. The average Bonchev–Trinajstić information content (AvgIpc) is 2.69. The van der Waals surface area contributed by atoms with Crippen molar-refractivity contribution < 1.29 is 9.90 Å². The van der Waals surface area contributed by atoms with Crippen molar-refractivity contribution in [2.45, 2.75) is 161 Å². The van der Waals surface area contributed by atoms with Crippen LogP contribution in [0.15, 0.2) is 0 Å². The predicted octanol–water partition coefficient (Wildman–Crippen LogP) is 8.25. The second kappa shape index (κ2) is 21.7. The van der Waals surface area contributed by atoms with E-state index < -0.39 is 5.72 Å². The van der Waals surface area contributed by atoms with Gasteiger partial charge >= 0.3 is 0 Å². The number of unbranched alkanes of at least 4 members (excludes halogenated alkanes) is 18. The van der Waals surface area contributed by atoms with Crippen molar-refractivity contribution in [3.8, 4) is 0 Å². The molecule has 3 nitrogen and oxygen atoms in total. The van der Waals surface area contributed by atoms with E-state index in [1.165, 1.54) is 109 Å². The molecule has 0 saturated heterocycles. The van der Waals surface area contributed by atoms with Crippen LogP contribution in [0.25, 0.3) is 0 Å². The molecule has 0 aromatic carbocycles. The van der Waals surface area contributed by atoms with Crippen LogP contribution in [0.4, 0.5) is 0 Å². The first-order valence-electron chi connectivity index (χ1n) is 13.4. The van der Waals surface area contributed by atoms with Gasteiger partial charge in [-0.25, -0.2) is 0 Å². The summed E-state index contributed by atoms with van der Waals surface area (Å²) in [6.07, 6.45) is 27.5. The second-order valence-corrected chi connectivity index (χ2v) is 9.44. The Kier molecular flexibility index (Phi) is 21.2. The Labute approximate surface area is 189 Å². The molecular formula is C27H54NO2.